The molecule has 0 atom stereocenters. The number of amides is 1. The van der Waals surface area contributed by atoms with Crippen LogP contribution in [0.2, 0.25) is 0 Å². The number of nitrogens with zero attached hydrogens (tertiary/aromatic N) is 2. The molecule has 0 unspecified atom stereocenters. The molecule has 2 aromatic carbocycles. The Morgan fingerprint density at radius 2 is 2.04 bits per heavy atom. The Hall–Kier alpha value is -1.50. The van der Waals surface area contributed by atoms with Crippen LogP contribution in [-0.2, 0) is 4.79 Å². The first kappa shape index (κ1) is 21.2. The zero-order valence-corrected chi connectivity index (χ0v) is 19.5. The lowest BCUT2D eigenvalue weighted by Gasteiger charge is -2.15. The highest BCUT2D eigenvalue weighted by molar-refractivity contribution is 9.10. The van der Waals surface area contributed by atoms with Crippen LogP contribution in [0.5, 0.6) is 0 Å². The Labute approximate surface area is 183 Å². The Balaban J connectivity index is 1.94. The predicted octanol–water partition coefficient (Wildman–Crippen LogP) is 6.42. The Bertz CT molecular complexity index is 940. The average molecular weight is 475 g/mol. The van der Waals surface area contributed by atoms with E-state index in [4.69, 9.17) is 4.99 Å². The molecule has 0 aromatic heterocycles. The van der Waals surface area contributed by atoms with E-state index in [9.17, 15) is 4.79 Å². The van der Waals surface area contributed by atoms with Gasteiger partial charge in [-0.05, 0) is 79.4 Å². The van der Waals surface area contributed by atoms with Gasteiger partial charge in [0, 0.05) is 11.0 Å². The predicted molar refractivity (Wildman–Crippen MR) is 127 cm³/mol. The van der Waals surface area contributed by atoms with Gasteiger partial charge in [-0.3, -0.25) is 9.69 Å². The van der Waals surface area contributed by atoms with Crippen LogP contribution in [0, 0.1) is 13.8 Å². The van der Waals surface area contributed by atoms with Crippen LogP contribution in [0.15, 0.2) is 56.8 Å². The first-order chi connectivity index (χ1) is 13.5. The van der Waals surface area contributed by atoms with Crippen LogP contribution < -0.4 is 0 Å². The van der Waals surface area contributed by atoms with E-state index < -0.39 is 0 Å². The van der Waals surface area contributed by atoms with Crippen LogP contribution in [0.3, 0.4) is 0 Å². The molecule has 0 bridgehead atoms. The molecular formula is C22H23BrN2OS2. The van der Waals surface area contributed by atoms with Gasteiger partial charge in [0.25, 0.3) is 5.91 Å². The maximum Gasteiger partial charge on any atom is 0.266 e. The van der Waals surface area contributed by atoms with Crippen molar-refractivity contribution < 1.29 is 4.79 Å². The van der Waals surface area contributed by atoms with Gasteiger partial charge in [-0.15, -0.1) is 0 Å². The summed E-state index contributed by atoms with van der Waals surface area (Å²) in [5, 5.41) is 0.763. The van der Waals surface area contributed by atoms with Gasteiger partial charge in [0.05, 0.1) is 10.6 Å². The number of carbonyl (C=O) groups is 1. The minimum absolute atomic E-state index is 0.0367. The maximum atomic E-state index is 13.1. The molecule has 1 heterocycles. The van der Waals surface area contributed by atoms with Gasteiger partial charge in [-0.2, -0.15) is 11.8 Å². The largest absolute Gasteiger partial charge is 0.286 e. The molecule has 0 N–H and O–H groups in total. The molecule has 0 aliphatic carbocycles. The van der Waals surface area contributed by atoms with Crippen LogP contribution in [0.1, 0.15) is 23.1 Å². The molecule has 1 amide bonds. The number of hydrogen-bond donors (Lipinski definition) is 0. The fraction of sp³-hybridized carbons (Fsp3) is 0.273. The molecule has 0 saturated carbocycles. The zero-order chi connectivity index (χ0) is 20.1. The summed E-state index contributed by atoms with van der Waals surface area (Å²) in [6, 6.07) is 14.2. The van der Waals surface area contributed by atoms with Crippen molar-refractivity contribution in [2.45, 2.75) is 20.3 Å². The van der Waals surface area contributed by atoms with Crippen molar-refractivity contribution in [2.24, 2.45) is 4.99 Å². The Morgan fingerprint density at radius 3 is 2.75 bits per heavy atom. The van der Waals surface area contributed by atoms with E-state index in [1.54, 1.807) is 11.8 Å². The molecule has 1 aliphatic rings. The number of benzene rings is 2. The standard InChI is InChI=1S/C22H23BrN2OS2/c1-15-8-9-19(16(2)12-15)24-22-25(10-5-11-27-3)21(26)20(28-22)14-17-6-4-7-18(23)13-17/h4,6-9,12-14H,5,10-11H2,1-3H3/b20-14+,24-22?. The van der Waals surface area contributed by atoms with Crippen molar-refractivity contribution in [2.75, 3.05) is 18.6 Å². The third-order valence-corrected chi connectivity index (χ3v) is 6.53. The first-order valence-corrected chi connectivity index (χ1v) is 12.1. The van der Waals surface area contributed by atoms with E-state index in [1.165, 1.54) is 17.3 Å². The second-order valence-electron chi connectivity index (χ2n) is 6.65. The van der Waals surface area contributed by atoms with Crippen molar-refractivity contribution in [1.82, 2.24) is 4.90 Å². The number of carbonyl (C=O) groups excluding carboxylic acids is 1. The van der Waals surface area contributed by atoms with E-state index in [-0.39, 0.29) is 5.91 Å². The molecule has 3 rings (SSSR count). The van der Waals surface area contributed by atoms with Gasteiger partial charge in [-0.1, -0.05) is 45.8 Å². The maximum absolute atomic E-state index is 13.1. The van der Waals surface area contributed by atoms with Crippen LogP contribution in [-0.4, -0.2) is 34.5 Å². The molecule has 0 spiro atoms. The van der Waals surface area contributed by atoms with E-state index in [1.807, 2.05) is 41.3 Å². The summed E-state index contributed by atoms with van der Waals surface area (Å²) in [5.74, 6) is 1.06. The number of rotatable bonds is 6. The highest BCUT2D eigenvalue weighted by Crippen LogP contribution is 2.35. The van der Waals surface area contributed by atoms with Gasteiger partial charge in [-0.25, -0.2) is 4.99 Å². The summed E-state index contributed by atoms with van der Waals surface area (Å²) < 4.78 is 0.998. The van der Waals surface area contributed by atoms with Crippen molar-refractivity contribution >= 4 is 62.3 Å². The number of aryl methyl sites for hydroxylation is 2. The lowest BCUT2D eigenvalue weighted by atomic mass is 10.1. The summed E-state index contributed by atoms with van der Waals surface area (Å²) in [6.45, 7) is 4.82. The van der Waals surface area contributed by atoms with Crippen LogP contribution in [0.4, 0.5) is 5.69 Å². The lowest BCUT2D eigenvalue weighted by Crippen LogP contribution is -2.30. The van der Waals surface area contributed by atoms with Crippen LogP contribution >= 0.6 is 39.5 Å². The minimum atomic E-state index is 0.0367. The van der Waals surface area contributed by atoms with Gasteiger partial charge in [0.2, 0.25) is 0 Å². The topological polar surface area (TPSA) is 32.7 Å². The zero-order valence-electron chi connectivity index (χ0n) is 16.2. The molecule has 1 aliphatic heterocycles. The second-order valence-corrected chi connectivity index (χ2v) is 9.56. The number of thioether (sulfide) groups is 2. The number of aliphatic imine (C=N–C) groups is 1. The molecule has 3 nitrogen and oxygen atoms in total. The lowest BCUT2D eigenvalue weighted by molar-refractivity contribution is -0.122. The summed E-state index contributed by atoms with van der Waals surface area (Å²) in [6.07, 6.45) is 4.98. The minimum Gasteiger partial charge on any atom is -0.286 e. The van der Waals surface area contributed by atoms with E-state index >= 15 is 0 Å². The Morgan fingerprint density at radius 1 is 1.21 bits per heavy atom. The fourth-order valence-corrected chi connectivity index (χ4v) is 4.79. The van der Waals surface area contributed by atoms with Crippen molar-refractivity contribution in [1.29, 1.82) is 0 Å². The summed E-state index contributed by atoms with van der Waals surface area (Å²) in [7, 11) is 0. The summed E-state index contributed by atoms with van der Waals surface area (Å²) in [4.78, 5) is 20.4. The highest BCUT2D eigenvalue weighted by atomic mass is 79.9. The monoisotopic (exact) mass is 474 g/mol. The molecular weight excluding hydrogens is 452 g/mol. The van der Waals surface area contributed by atoms with E-state index in [2.05, 4.69) is 48.2 Å². The van der Waals surface area contributed by atoms with E-state index in [0.717, 1.165) is 38.6 Å². The molecule has 28 heavy (non-hydrogen) atoms. The van der Waals surface area contributed by atoms with Gasteiger partial charge >= 0.3 is 0 Å². The van der Waals surface area contributed by atoms with E-state index in [0.29, 0.717) is 11.4 Å². The van der Waals surface area contributed by atoms with Gasteiger partial charge in [0.1, 0.15) is 0 Å². The SMILES string of the molecule is CSCCCN1C(=O)/C(=C\c2cccc(Br)c2)SC1=Nc1ccc(C)cc1C. The fourth-order valence-electron chi connectivity index (χ4n) is 2.94. The average Bonchev–Trinajstić information content (AvgIpc) is 2.93. The summed E-state index contributed by atoms with van der Waals surface area (Å²) >= 11 is 6.75. The van der Waals surface area contributed by atoms with Crippen molar-refractivity contribution in [3.63, 3.8) is 0 Å². The molecule has 146 valence electrons. The molecule has 1 saturated heterocycles. The number of amidine groups is 1. The summed E-state index contributed by atoms with van der Waals surface area (Å²) in [5.41, 5.74) is 4.25. The second kappa shape index (κ2) is 9.81. The van der Waals surface area contributed by atoms with Gasteiger partial charge < -0.3 is 0 Å². The quantitative estimate of drug-likeness (QED) is 0.357. The molecule has 6 heteroatoms. The normalized spacial score (nSPS) is 17.1. The van der Waals surface area contributed by atoms with Crippen LogP contribution in [0.25, 0.3) is 6.08 Å². The van der Waals surface area contributed by atoms with Crippen molar-refractivity contribution in [3.8, 4) is 0 Å². The smallest absolute Gasteiger partial charge is 0.266 e. The van der Waals surface area contributed by atoms with Gasteiger partial charge in [0.15, 0.2) is 5.17 Å². The van der Waals surface area contributed by atoms with Crippen molar-refractivity contribution in [3.05, 3.63) is 68.5 Å². The third-order valence-electron chi connectivity index (χ3n) is 4.33. The first-order valence-electron chi connectivity index (χ1n) is 9.10. The Kier molecular flexibility index (Phi) is 7.43. The number of halogens is 1. The molecule has 0 radical (unpaired) electrons. The third kappa shape index (κ3) is 5.31. The number of hydrogen-bond acceptors (Lipinski definition) is 4. The highest BCUT2D eigenvalue weighted by Gasteiger charge is 2.33. The molecule has 1 fully saturated rings. The molecule has 2 aromatic rings.